The van der Waals surface area contributed by atoms with Gasteiger partial charge in [-0.2, -0.15) is 16.3 Å². The SMILES string of the molecule is CC(Nc1ncc2ccc(=O)n(CC(C)(C)CO)c2n1)c1ccc(-c2ccsc2)cc1. The zero-order valence-corrected chi connectivity index (χ0v) is 18.7. The van der Waals surface area contributed by atoms with E-state index in [1.807, 2.05) is 13.8 Å². The Morgan fingerprint density at radius 1 is 1.13 bits per heavy atom. The summed E-state index contributed by atoms with van der Waals surface area (Å²) in [4.78, 5) is 21.6. The Balaban J connectivity index is 1.60. The van der Waals surface area contributed by atoms with Gasteiger partial charge in [-0.1, -0.05) is 38.1 Å². The number of hydrogen-bond acceptors (Lipinski definition) is 6. The number of anilines is 1. The van der Waals surface area contributed by atoms with Gasteiger partial charge in [-0.15, -0.1) is 0 Å². The van der Waals surface area contributed by atoms with Gasteiger partial charge in [0, 0.05) is 36.2 Å². The molecular weight excluding hydrogens is 408 g/mol. The van der Waals surface area contributed by atoms with Crippen molar-refractivity contribution < 1.29 is 5.11 Å². The van der Waals surface area contributed by atoms with Crippen LogP contribution in [0.15, 0.2) is 64.2 Å². The third kappa shape index (κ3) is 4.68. The van der Waals surface area contributed by atoms with Gasteiger partial charge in [-0.3, -0.25) is 9.36 Å². The monoisotopic (exact) mass is 434 g/mol. The second kappa shape index (κ2) is 8.61. The molecular formula is C24H26N4O2S. The maximum absolute atomic E-state index is 12.5. The van der Waals surface area contributed by atoms with Crippen LogP contribution in [0.25, 0.3) is 22.2 Å². The van der Waals surface area contributed by atoms with Crippen molar-refractivity contribution in [2.24, 2.45) is 5.41 Å². The molecule has 0 saturated heterocycles. The molecule has 0 spiro atoms. The van der Waals surface area contributed by atoms with Gasteiger partial charge in [-0.25, -0.2) is 4.98 Å². The molecule has 1 atom stereocenters. The second-order valence-corrected chi connectivity index (χ2v) is 9.33. The molecule has 0 fully saturated rings. The van der Waals surface area contributed by atoms with Crippen LogP contribution >= 0.6 is 11.3 Å². The molecule has 4 rings (SSSR count). The van der Waals surface area contributed by atoms with E-state index in [4.69, 9.17) is 0 Å². The maximum atomic E-state index is 12.5. The highest BCUT2D eigenvalue weighted by Gasteiger charge is 2.20. The molecule has 3 heterocycles. The predicted octanol–water partition coefficient (Wildman–Crippen LogP) is 4.71. The first-order valence-electron chi connectivity index (χ1n) is 10.2. The Kier molecular flexibility index (Phi) is 5.89. The molecule has 0 saturated carbocycles. The lowest BCUT2D eigenvalue weighted by atomic mass is 9.95. The zero-order chi connectivity index (χ0) is 22.0. The molecule has 0 radical (unpaired) electrons. The van der Waals surface area contributed by atoms with E-state index >= 15 is 0 Å². The molecule has 0 aliphatic heterocycles. The lowest BCUT2D eigenvalue weighted by Gasteiger charge is -2.23. The van der Waals surface area contributed by atoms with E-state index < -0.39 is 5.41 Å². The summed E-state index contributed by atoms with van der Waals surface area (Å²) < 4.78 is 1.61. The quantitative estimate of drug-likeness (QED) is 0.440. The summed E-state index contributed by atoms with van der Waals surface area (Å²) in [7, 11) is 0. The maximum Gasteiger partial charge on any atom is 0.252 e. The number of pyridine rings is 1. The topological polar surface area (TPSA) is 80.0 Å². The average Bonchev–Trinajstić information content (AvgIpc) is 3.31. The van der Waals surface area contributed by atoms with Gasteiger partial charge in [0.25, 0.3) is 5.56 Å². The van der Waals surface area contributed by atoms with Gasteiger partial charge in [0.2, 0.25) is 5.95 Å². The lowest BCUT2D eigenvalue weighted by Crippen LogP contribution is -2.31. The molecule has 0 aliphatic rings. The first-order chi connectivity index (χ1) is 14.9. The number of thiophene rings is 1. The summed E-state index contributed by atoms with van der Waals surface area (Å²) in [5.74, 6) is 0.461. The number of aliphatic hydroxyl groups is 1. The lowest BCUT2D eigenvalue weighted by molar-refractivity contribution is 0.141. The van der Waals surface area contributed by atoms with Gasteiger partial charge in [0.15, 0.2) is 0 Å². The van der Waals surface area contributed by atoms with Crippen LogP contribution in [-0.2, 0) is 6.54 Å². The molecule has 7 heteroatoms. The van der Waals surface area contributed by atoms with Crippen LogP contribution in [0.3, 0.4) is 0 Å². The molecule has 6 nitrogen and oxygen atoms in total. The van der Waals surface area contributed by atoms with Gasteiger partial charge in [0.1, 0.15) is 5.65 Å². The van der Waals surface area contributed by atoms with Crippen molar-refractivity contribution in [3.05, 3.63) is 75.3 Å². The van der Waals surface area contributed by atoms with Crippen molar-refractivity contribution in [1.82, 2.24) is 14.5 Å². The number of hydrogen-bond donors (Lipinski definition) is 2. The number of benzene rings is 1. The Morgan fingerprint density at radius 2 is 1.90 bits per heavy atom. The van der Waals surface area contributed by atoms with Gasteiger partial charge >= 0.3 is 0 Å². The van der Waals surface area contributed by atoms with E-state index in [0.29, 0.717) is 18.1 Å². The first kappa shape index (κ1) is 21.2. The number of rotatable bonds is 7. The van der Waals surface area contributed by atoms with Crippen LogP contribution in [0.2, 0.25) is 0 Å². The van der Waals surface area contributed by atoms with Crippen LogP contribution in [0.1, 0.15) is 32.4 Å². The van der Waals surface area contributed by atoms with Crippen LogP contribution in [-0.4, -0.2) is 26.2 Å². The molecule has 31 heavy (non-hydrogen) atoms. The number of aromatic nitrogens is 3. The molecule has 0 bridgehead atoms. The van der Waals surface area contributed by atoms with Gasteiger partial charge in [-0.05, 0) is 46.5 Å². The minimum atomic E-state index is -0.436. The molecule has 4 aromatic rings. The summed E-state index contributed by atoms with van der Waals surface area (Å²) in [6.45, 7) is 6.24. The fourth-order valence-electron chi connectivity index (χ4n) is 3.44. The zero-order valence-electron chi connectivity index (χ0n) is 17.9. The molecule has 0 aliphatic carbocycles. The number of nitrogens with zero attached hydrogens (tertiary/aromatic N) is 3. The second-order valence-electron chi connectivity index (χ2n) is 8.55. The summed E-state index contributed by atoms with van der Waals surface area (Å²) >= 11 is 1.69. The number of fused-ring (bicyclic) bond motifs is 1. The highest BCUT2D eigenvalue weighted by atomic mass is 32.1. The smallest absolute Gasteiger partial charge is 0.252 e. The fraction of sp³-hybridized carbons (Fsp3) is 0.292. The van der Waals surface area contributed by atoms with Crippen LogP contribution in [0.5, 0.6) is 0 Å². The number of nitrogens with one attached hydrogen (secondary N) is 1. The first-order valence-corrected chi connectivity index (χ1v) is 11.2. The standard InChI is InChI=1S/C24H26N4O2S/c1-16(17-4-6-18(7-5-17)20-10-11-31-13-20)26-23-25-12-19-8-9-21(30)28(22(19)27-23)14-24(2,3)15-29/h4-13,16,29H,14-15H2,1-3H3,(H,25,26,27). The molecule has 1 aromatic carbocycles. The predicted molar refractivity (Wildman–Crippen MR) is 126 cm³/mol. The van der Waals surface area contributed by atoms with E-state index in [1.165, 1.54) is 17.2 Å². The Hall–Kier alpha value is -3.03. The Labute approximate surface area is 185 Å². The molecule has 160 valence electrons. The van der Waals surface area contributed by atoms with Crippen molar-refractivity contribution in [3.63, 3.8) is 0 Å². The molecule has 2 N–H and O–H groups in total. The van der Waals surface area contributed by atoms with Crippen molar-refractivity contribution >= 4 is 28.3 Å². The minimum Gasteiger partial charge on any atom is -0.396 e. The van der Waals surface area contributed by atoms with E-state index in [0.717, 1.165) is 10.9 Å². The summed E-state index contributed by atoms with van der Waals surface area (Å²) in [6.07, 6.45) is 1.72. The van der Waals surface area contributed by atoms with Gasteiger partial charge < -0.3 is 10.4 Å². The molecule has 3 aromatic heterocycles. The summed E-state index contributed by atoms with van der Waals surface area (Å²) in [5, 5.41) is 18.0. The highest BCUT2D eigenvalue weighted by molar-refractivity contribution is 7.08. The van der Waals surface area contributed by atoms with Crippen molar-refractivity contribution in [2.75, 3.05) is 11.9 Å². The van der Waals surface area contributed by atoms with Crippen LogP contribution in [0, 0.1) is 5.41 Å². The summed E-state index contributed by atoms with van der Waals surface area (Å²) in [6, 6.07) is 13.8. The van der Waals surface area contributed by atoms with E-state index in [-0.39, 0.29) is 18.2 Å². The highest BCUT2D eigenvalue weighted by Crippen LogP contribution is 2.25. The third-order valence-electron chi connectivity index (χ3n) is 5.35. The minimum absolute atomic E-state index is 0.00765. The Morgan fingerprint density at radius 3 is 2.58 bits per heavy atom. The normalized spacial score (nSPS) is 12.8. The number of aliphatic hydroxyl groups excluding tert-OH is 1. The van der Waals surface area contributed by atoms with Crippen molar-refractivity contribution in [1.29, 1.82) is 0 Å². The summed E-state index contributed by atoms with van der Waals surface area (Å²) in [5.41, 5.74) is 3.51. The molecule has 1 unspecified atom stereocenters. The van der Waals surface area contributed by atoms with E-state index in [2.05, 4.69) is 63.3 Å². The van der Waals surface area contributed by atoms with Crippen molar-refractivity contribution in [3.8, 4) is 11.1 Å². The third-order valence-corrected chi connectivity index (χ3v) is 6.03. The fourth-order valence-corrected chi connectivity index (χ4v) is 4.11. The van der Waals surface area contributed by atoms with E-state index in [9.17, 15) is 9.90 Å². The van der Waals surface area contributed by atoms with Crippen molar-refractivity contribution in [2.45, 2.75) is 33.4 Å². The van der Waals surface area contributed by atoms with Crippen LogP contribution < -0.4 is 10.9 Å². The Bertz CT molecular complexity index is 1230. The van der Waals surface area contributed by atoms with E-state index in [1.54, 1.807) is 28.2 Å². The van der Waals surface area contributed by atoms with Crippen LogP contribution in [0.4, 0.5) is 5.95 Å². The average molecular weight is 435 g/mol. The van der Waals surface area contributed by atoms with Gasteiger partial charge in [0.05, 0.1) is 6.04 Å². The molecule has 0 amide bonds. The largest absolute Gasteiger partial charge is 0.396 e.